The highest BCUT2D eigenvalue weighted by Crippen LogP contribution is 2.42. The molecule has 0 amide bonds. The molecular formula is C6H10OS2. The lowest BCUT2D eigenvalue weighted by molar-refractivity contribution is 0.754. The van der Waals surface area contributed by atoms with E-state index >= 15 is 0 Å². The van der Waals surface area contributed by atoms with Crippen LogP contribution in [0.25, 0.3) is 0 Å². The Bertz CT molecular complexity index is 87.2. The predicted molar refractivity (Wildman–Crippen MR) is 42.3 cm³/mol. The van der Waals surface area contributed by atoms with E-state index in [1.807, 2.05) is 0 Å². The molecule has 1 nitrogen and oxygen atoms in total. The Morgan fingerprint density at radius 3 is 1.67 bits per heavy atom. The molecule has 9 heavy (non-hydrogen) atoms. The van der Waals surface area contributed by atoms with Crippen LogP contribution in [0.15, 0.2) is 0 Å². The molecule has 2 aliphatic carbocycles. The zero-order valence-corrected chi connectivity index (χ0v) is 6.84. The molecule has 0 aromatic heterocycles. The fourth-order valence-electron chi connectivity index (χ4n) is 0.462. The Kier molecular flexibility index (Phi) is 1.93. The summed E-state index contributed by atoms with van der Waals surface area (Å²) in [6.07, 6.45) is 5.48. The minimum absolute atomic E-state index is 0.844. The summed E-state index contributed by atoms with van der Waals surface area (Å²) in [4.78, 5) is 0. The van der Waals surface area contributed by atoms with Gasteiger partial charge in [-0.25, -0.2) is 3.63 Å². The van der Waals surface area contributed by atoms with E-state index in [0.29, 0.717) is 0 Å². The van der Waals surface area contributed by atoms with Gasteiger partial charge < -0.3 is 0 Å². The van der Waals surface area contributed by atoms with E-state index in [2.05, 4.69) is 0 Å². The Morgan fingerprint density at radius 1 is 0.889 bits per heavy atom. The van der Waals surface area contributed by atoms with E-state index in [0.717, 1.165) is 10.5 Å². The molecule has 2 aliphatic rings. The van der Waals surface area contributed by atoms with Crippen LogP contribution in [0, 0.1) is 0 Å². The average Bonchev–Trinajstić information content (AvgIpc) is 2.57. The molecule has 52 valence electrons. The quantitative estimate of drug-likeness (QED) is 0.588. The largest absolute Gasteiger partial charge is 0.247 e. The van der Waals surface area contributed by atoms with Gasteiger partial charge >= 0.3 is 0 Å². The van der Waals surface area contributed by atoms with Gasteiger partial charge in [0.1, 0.15) is 0 Å². The lowest BCUT2D eigenvalue weighted by Gasteiger charge is -1.94. The molecule has 2 fully saturated rings. The summed E-state index contributed by atoms with van der Waals surface area (Å²) in [6.45, 7) is 0. The molecule has 0 aromatic rings. The van der Waals surface area contributed by atoms with Gasteiger partial charge in [0.15, 0.2) is 0 Å². The summed E-state index contributed by atoms with van der Waals surface area (Å²) >= 11 is 3.35. The van der Waals surface area contributed by atoms with Crippen molar-refractivity contribution in [2.24, 2.45) is 0 Å². The lowest BCUT2D eigenvalue weighted by atomic mass is 11.0. The van der Waals surface area contributed by atoms with E-state index < -0.39 is 0 Å². The number of rotatable bonds is 4. The average molecular weight is 162 g/mol. The Labute approximate surface area is 64.3 Å². The van der Waals surface area contributed by atoms with Crippen molar-refractivity contribution in [3.63, 3.8) is 0 Å². The highest BCUT2D eigenvalue weighted by atomic mass is 32.2. The SMILES string of the molecule is C1CC1SOSC1CC1. The van der Waals surface area contributed by atoms with Gasteiger partial charge in [-0.1, -0.05) is 0 Å². The fraction of sp³-hybridized carbons (Fsp3) is 1.00. The van der Waals surface area contributed by atoms with E-state index in [1.54, 1.807) is 24.1 Å². The third kappa shape index (κ3) is 2.40. The van der Waals surface area contributed by atoms with Crippen molar-refractivity contribution in [2.75, 3.05) is 0 Å². The van der Waals surface area contributed by atoms with Crippen LogP contribution in [-0.4, -0.2) is 10.5 Å². The zero-order valence-electron chi connectivity index (χ0n) is 5.21. The zero-order chi connectivity index (χ0) is 6.10. The number of hydrogen-bond acceptors (Lipinski definition) is 3. The van der Waals surface area contributed by atoms with Gasteiger partial charge in [-0.2, -0.15) is 0 Å². The topological polar surface area (TPSA) is 9.23 Å². The van der Waals surface area contributed by atoms with Crippen molar-refractivity contribution in [3.05, 3.63) is 0 Å². The summed E-state index contributed by atoms with van der Waals surface area (Å²) < 4.78 is 5.31. The van der Waals surface area contributed by atoms with E-state index in [1.165, 1.54) is 25.7 Å². The van der Waals surface area contributed by atoms with Gasteiger partial charge in [-0.15, -0.1) is 0 Å². The van der Waals surface area contributed by atoms with Crippen LogP contribution >= 0.6 is 24.1 Å². The number of hydrogen-bond donors (Lipinski definition) is 0. The summed E-state index contributed by atoms with van der Waals surface area (Å²) in [5.41, 5.74) is 0. The van der Waals surface area contributed by atoms with Gasteiger partial charge in [0, 0.05) is 34.6 Å². The normalized spacial score (nSPS) is 26.7. The minimum atomic E-state index is 0.844. The van der Waals surface area contributed by atoms with Gasteiger partial charge in [-0.3, -0.25) is 0 Å². The van der Waals surface area contributed by atoms with E-state index in [9.17, 15) is 0 Å². The van der Waals surface area contributed by atoms with Crippen molar-refractivity contribution in [1.82, 2.24) is 0 Å². The smallest absolute Gasteiger partial charge is 0.0324 e. The summed E-state index contributed by atoms with van der Waals surface area (Å²) in [6, 6.07) is 0. The monoisotopic (exact) mass is 162 g/mol. The first-order chi connectivity index (χ1) is 4.45. The van der Waals surface area contributed by atoms with Gasteiger partial charge in [0.2, 0.25) is 0 Å². The first-order valence-electron chi connectivity index (χ1n) is 3.44. The maximum absolute atomic E-state index is 5.31. The molecule has 0 atom stereocenters. The van der Waals surface area contributed by atoms with Gasteiger partial charge in [0.25, 0.3) is 0 Å². The molecule has 0 aliphatic heterocycles. The van der Waals surface area contributed by atoms with Crippen molar-refractivity contribution >= 4 is 24.1 Å². The van der Waals surface area contributed by atoms with Crippen molar-refractivity contribution in [3.8, 4) is 0 Å². The Balaban J connectivity index is 1.46. The Hall–Kier alpha value is 0.660. The minimum Gasteiger partial charge on any atom is -0.247 e. The molecule has 0 N–H and O–H groups in total. The molecule has 0 unspecified atom stereocenters. The molecule has 0 aromatic carbocycles. The van der Waals surface area contributed by atoms with Crippen LogP contribution in [-0.2, 0) is 3.63 Å². The fourth-order valence-corrected chi connectivity index (χ4v) is 2.19. The lowest BCUT2D eigenvalue weighted by Crippen LogP contribution is -1.74. The van der Waals surface area contributed by atoms with Crippen molar-refractivity contribution in [1.29, 1.82) is 0 Å². The van der Waals surface area contributed by atoms with Crippen LogP contribution in [0.5, 0.6) is 0 Å². The molecule has 0 saturated heterocycles. The Morgan fingerprint density at radius 2 is 1.33 bits per heavy atom. The maximum atomic E-state index is 5.31. The second-order valence-electron chi connectivity index (χ2n) is 2.66. The summed E-state index contributed by atoms with van der Waals surface area (Å²) in [7, 11) is 0. The molecule has 3 heteroatoms. The molecule has 0 bridgehead atoms. The highest BCUT2D eigenvalue weighted by molar-refractivity contribution is 8.08. The molecule has 2 saturated carbocycles. The van der Waals surface area contributed by atoms with E-state index in [-0.39, 0.29) is 0 Å². The van der Waals surface area contributed by atoms with Crippen LogP contribution < -0.4 is 0 Å². The molecule has 0 radical (unpaired) electrons. The predicted octanol–water partition coefficient (Wildman–Crippen LogP) is 2.62. The van der Waals surface area contributed by atoms with Crippen LogP contribution in [0.1, 0.15) is 25.7 Å². The molecule has 2 rings (SSSR count). The van der Waals surface area contributed by atoms with Gasteiger partial charge in [-0.05, 0) is 25.7 Å². The van der Waals surface area contributed by atoms with Crippen molar-refractivity contribution < 1.29 is 3.63 Å². The molecule has 0 spiro atoms. The summed E-state index contributed by atoms with van der Waals surface area (Å²) in [5.74, 6) is 0. The highest BCUT2D eigenvalue weighted by Gasteiger charge is 2.27. The maximum Gasteiger partial charge on any atom is 0.0324 e. The first kappa shape index (κ1) is 6.38. The second-order valence-corrected chi connectivity index (χ2v) is 4.92. The van der Waals surface area contributed by atoms with Crippen molar-refractivity contribution in [2.45, 2.75) is 36.2 Å². The third-order valence-electron chi connectivity index (χ3n) is 1.40. The van der Waals surface area contributed by atoms with Crippen LogP contribution in [0.2, 0.25) is 0 Å². The van der Waals surface area contributed by atoms with Crippen LogP contribution in [0.4, 0.5) is 0 Å². The van der Waals surface area contributed by atoms with Gasteiger partial charge in [0.05, 0.1) is 0 Å². The molecule has 0 heterocycles. The van der Waals surface area contributed by atoms with Crippen LogP contribution in [0.3, 0.4) is 0 Å². The standard InChI is InChI=1S/C6H10OS2/c1-2-5(1)8-7-9-6-3-4-6/h5-6H,1-4H2. The summed E-state index contributed by atoms with van der Waals surface area (Å²) in [5, 5.41) is 1.69. The second kappa shape index (κ2) is 2.72. The first-order valence-corrected chi connectivity index (χ1v) is 5.05. The molecular weight excluding hydrogens is 152 g/mol. The van der Waals surface area contributed by atoms with E-state index in [4.69, 9.17) is 3.63 Å². The third-order valence-corrected chi connectivity index (χ3v) is 3.52.